The van der Waals surface area contributed by atoms with Crippen LogP contribution in [0.2, 0.25) is 0 Å². The minimum Gasteiger partial charge on any atom is -0.481 e. The predicted octanol–water partition coefficient (Wildman–Crippen LogP) is 3.45. The van der Waals surface area contributed by atoms with Gasteiger partial charge in [-0.05, 0) is 6.07 Å². The van der Waals surface area contributed by atoms with Crippen molar-refractivity contribution < 1.29 is 9.90 Å². The Morgan fingerprint density at radius 2 is 2.21 bits per heavy atom. The van der Waals surface area contributed by atoms with Gasteiger partial charge < -0.3 is 5.11 Å². The summed E-state index contributed by atoms with van der Waals surface area (Å²) in [6.45, 7) is 0. The lowest BCUT2D eigenvalue weighted by atomic mass is 10.2. The summed E-state index contributed by atoms with van der Waals surface area (Å²) in [6, 6.07) is 7.84. The van der Waals surface area contributed by atoms with Crippen molar-refractivity contribution in [2.45, 2.75) is 6.42 Å². The zero-order chi connectivity index (χ0) is 13.4. The molecule has 1 aromatic carbocycles. The molecule has 0 spiro atoms. The Morgan fingerprint density at radius 1 is 1.42 bits per heavy atom. The molecule has 0 aliphatic carbocycles. The molecule has 1 N–H and O–H groups in total. The molecule has 96 valence electrons. The molecular formula is C13H9BrN2O2S. The number of benzene rings is 1. The van der Waals surface area contributed by atoms with E-state index in [0.717, 1.165) is 26.4 Å². The van der Waals surface area contributed by atoms with Gasteiger partial charge in [0.2, 0.25) is 0 Å². The molecule has 0 atom stereocenters. The third kappa shape index (κ3) is 2.29. The number of fused-ring (bicyclic) bond motifs is 1. The molecule has 0 unspecified atom stereocenters. The first kappa shape index (κ1) is 12.4. The fraction of sp³-hybridized carbons (Fsp3) is 0.0769. The number of hydrogen-bond donors (Lipinski definition) is 1. The fourth-order valence-corrected chi connectivity index (χ4v) is 3.27. The van der Waals surface area contributed by atoms with Crippen molar-refractivity contribution in [1.82, 2.24) is 9.38 Å². The van der Waals surface area contributed by atoms with Crippen molar-refractivity contribution in [1.29, 1.82) is 0 Å². The molecule has 4 nitrogen and oxygen atoms in total. The number of carboxylic acids is 1. The Hall–Kier alpha value is -1.66. The Balaban J connectivity index is 2.10. The Bertz CT molecular complexity index is 763. The number of carbonyl (C=O) groups is 1. The summed E-state index contributed by atoms with van der Waals surface area (Å²) in [5, 5.41) is 10.7. The largest absolute Gasteiger partial charge is 0.481 e. The number of imidazole rings is 1. The fourth-order valence-electron chi connectivity index (χ4n) is 1.91. The van der Waals surface area contributed by atoms with Crippen LogP contribution in [0.5, 0.6) is 0 Å². The number of halogens is 1. The van der Waals surface area contributed by atoms with E-state index in [1.54, 1.807) is 0 Å². The topological polar surface area (TPSA) is 54.6 Å². The summed E-state index contributed by atoms with van der Waals surface area (Å²) in [5.41, 5.74) is 2.59. The number of rotatable bonds is 3. The van der Waals surface area contributed by atoms with Crippen molar-refractivity contribution >= 4 is 38.2 Å². The molecule has 0 saturated carbocycles. The molecule has 0 saturated heterocycles. The third-order valence-electron chi connectivity index (χ3n) is 2.77. The van der Waals surface area contributed by atoms with Gasteiger partial charge in [0.15, 0.2) is 4.96 Å². The molecule has 3 aromatic rings. The summed E-state index contributed by atoms with van der Waals surface area (Å²) in [7, 11) is 0. The van der Waals surface area contributed by atoms with Crippen LogP contribution in [0.3, 0.4) is 0 Å². The average Bonchev–Trinajstić information content (AvgIpc) is 2.91. The number of aromatic nitrogens is 2. The van der Waals surface area contributed by atoms with Crippen LogP contribution in [0, 0.1) is 0 Å². The van der Waals surface area contributed by atoms with E-state index in [9.17, 15) is 4.79 Å². The lowest BCUT2D eigenvalue weighted by Gasteiger charge is -1.99. The van der Waals surface area contributed by atoms with Gasteiger partial charge in [0.1, 0.15) is 0 Å². The van der Waals surface area contributed by atoms with Crippen molar-refractivity contribution in [2.24, 2.45) is 0 Å². The second-order valence-electron chi connectivity index (χ2n) is 4.06. The van der Waals surface area contributed by atoms with Gasteiger partial charge in [-0.15, -0.1) is 11.3 Å². The smallest absolute Gasteiger partial charge is 0.309 e. The summed E-state index contributed by atoms with van der Waals surface area (Å²) < 4.78 is 2.81. The maximum Gasteiger partial charge on any atom is 0.309 e. The summed E-state index contributed by atoms with van der Waals surface area (Å²) in [6.07, 6.45) is 1.88. The standard InChI is InChI=1S/C13H9BrN2O2S/c14-10-4-2-1-3-9(10)11-6-16-8(5-12(17)18)7-19-13(16)15-11/h1-4,6-7H,5H2,(H,17,18). The van der Waals surface area contributed by atoms with Crippen molar-refractivity contribution in [3.8, 4) is 11.3 Å². The average molecular weight is 337 g/mol. The molecule has 0 aliphatic rings. The molecule has 0 aliphatic heterocycles. The van der Waals surface area contributed by atoms with E-state index >= 15 is 0 Å². The van der Waals surface area contributed by atoms with Gasteiger partial charge in [-0.2, -0.15) is 0 Å². The predicted molar refractivity (Wildman–Crippen MR) is 77.5 cm³/mol. The van der Waals surface area contributed by atoms with Crippen LogP contribution in [0.4, 0.5) is 0 Å². The minimum atomic E-state index is -0.837. The lowest BCUT2D eigenvalue weighted by molar-refractivity contribution is -0.136. The molecule has 2 heterocycles. The molecule has 0 amide bonds. The van der Waals surface area contributed by atoms with Crippen molar-refractivity contribution in [2.75, 3.05) is 0 Å². The number of nitrogens with zero attached hydrogens (tertiary/aromatic N) is 2. The molecule has 6 heteroatoms. The van der Waals surface area contributed by atoms with E-state index < -0.39 is 5.97 Å². The van der Waals surface area contributed by atoms with E-state index in [4.69, 9.17) is 5.11 Å². The van der Waals surface area contributed by atoms with Crippen LogP contribution < -0.4 is 0 Å². The van der Waals surface area contributed by atoms with Gasteiger partial charge in [0, 0.05) is 27.3 Å². The Morgan fingerprint density at radius 3 is 2.95 bits per heavy atom. The molecule has 0 fully saturated rings. The van der Waals surface area contributed by atoms with Gasteiger partial charge in [0.05, 0.1) is 12.1 Å². The Labute approximate surface area is 121 Å². The van der Waals surface area contributed by atoms with Crippen LogP contribution in [0.15, 0.2) is 40.3 Å². The maximum absolute atomic E-state index is 10.8. The van der Waals surface area contributed by atoms with Gasteiger partial charge in [-0.3, -0.25) is 9.20 Å². The zero-order valence-electron chi connectivity index (χ0n) is 9.71. The van der Waals surface area contributed by atoms with Crippen LogP contribution in [-0.4, -0.2) is 20.5 Å². The highest BCUT2D eigenvalue weighted by molar-refractivity contribution is 9.10. The van der Waals surface area contributed by atoms with E-state index in [1.807, 2.05) is 40.2 Å². The quantitative estimate of drug-likeness (QED) is 0.796. The van der Waals surface area contributed by atoms with Gasteiger partial charge in [-0.1, -0.05) is 34.1 Å². The van der Waals surface area contributed by atoms with E-state index in [2.05, 4.69) is 20.9 Å². The minimum absolute atomic E-state index is 0.00571. The number of aliphatic carboxylic acids is 1. The van der Waals surface area contributed by atoms with Crippen molar-refractivity contribution in [3.63, 3.8) is 0 Å². The van der Waals surface area contributed by atoms with Gasteiger partial charge >= 0.3 is 5.97 Å². The first-order chi connectivity index (χ1) is 9.15. The van der Waals surface area contributed by atoms with Crippen LogP contribution in [0.25, 0.3) is 16.2 Å². The third-order valence-corrected chi connectivity index (χ3v) is 4.35. The highest BCUT2D eigenvalue weighted by Gasteiger charge is 2.12. The number of carboxylic acid groups (broad SMARTS) is 1. The first-order valence-electron chi connectivity index (χ1n) is 5.57. The molecule has 0 radical (unpaired) electrons. The summed E-state index contributed by atoms with van der Waals surface area (Å²) >= 11 is 4.95. The van der Waals surface area contributed by atoms with Crippen LogP contribution >= 0.6 is 27.3 Å². The highest BCUT2D eigenvalue weighted by atomic mass is 79.9. The lowest BCUT2D eigenvalue weighted by Crippen LogP contribution is -2.02. The first-order valence-corrected chi connectivity index (χ1v) is 7.24. The second kappa shape index (κ2) is 4.79. The number of thiazole rings is 1. The summed E-state index contributed by atoms with van der Waals surface area (Å²) in [4.78, 5) is 16.1. The zero-order valence-corrected chi connectivity index (χ0v) is 12.1. The van der Waals surface area contributed by atoms with Gasteiger partial charge in [-0.25, -0.2) is 4.98 Å². The highest BCUT2D eigenvalue weighted by Crippen LogP contribution is 2.29. The molecule has 0 bridgehead atoms. The molecule has 19 heavy (non-hydrogen) atoms. The van der Waals surface area contributed by atoms with E-state index in [-0.39, 0.29) is 6.42 Å². The number of hydrogen-bond acceptors (Lipinski definition) is 3. The molecule has 3 rings (SSSR count). The van der Waals surface area contributed by atoms with Crippen LogP contribution in [0.1, 0.15) is 5.69 Å². The van der Waals surface area contributed by atoms with Crippen LogP contribution in [-0.2, 0) is 11.2 Å². The van der Waals surface area contributed by atoms with Gasteiger partial charge in [0.25, 0.3) is 0 Å². The summed E-state index contributed by atoms with van der Waals surface area (Å²) in [5.74, 6) is -0.837. The van der Waals surface area contributed by atoms with E-state index in [0.29, 0.717) is 0 Å². The molecular weight excluding hydrogens is 328 g/mol. The normalized spacial score (nSPS) is 11.0. The van der Waals surface area contributed by atoms with Crippen molar-refractivity contribution in [3.05, 3.63) is 46.0 Å². The van der Waals surface area contributed by atoms with E-state index in [1.165, 1.54) is 11.3 Å². The maximum atomic E-state index is 10.8. The molecule has 2 aromatic heterocycles. The monoisotopic (exact) mass is 336 g/mol. The second-order valence-corrected chi connectivity index (χ2v) is 5.75. The SMILES string of the molecule is O=C(O)Cc1csc2nc(-c3ccccc3Br)cn12. The Kier molecular flexibility index (Phi) is 3.12.